The average Bonchev–Trinajstić information content (AvgIpc) is 2.73. The van der Waals surface area contributed by atoms with Gasteiger partial charge >= 0.3 is 0 Å². The van der Waals surface area contributed by atoms with E-state index in [2.05, 4.69) is 24.1 Å². The second-order valence-corrected chi connectivity index (χ2v) is 7.47. The first kappa shape index (κ1) is 20.2. The molecule has 1 fully saturated rings. The normalized spacial score (nSPS) is 17.0. The number of halogens is 1. The molecule has 5 heteroatoms. The number of hydrogen-bond donors (Lipinski definition) is 0. The van der Waals surface area contributed by atoms with E-state index in [-0.39, 0.29) is 30.3 Å². The van der Waals surface area contributed by atoms with Crippen LogP contribution in [0.4, 0.5) is 4.39 Å². The Balaban J connectivity index is 1.49. The summed E-state index contributed by atoms with van der Waals surface area (Å²) in [5, 5.41) is 0. The van der Waals surface area contributed by atoms with E-state index in [1.807, 2.05) is 23.1 Å². The van der Waals surface area contributed by atoms with Gasteiger partial charge in [-0.2, -0.15) is 0 Å². The number of rotatable bonds is 7. The molecule has 0 bridgehead atoms. The minimum absolute atomic E-state index is 0.0215. The lowest BCUT2D eigenvalue weighted by molar-refractivity contribution is -0.133. The lowest BCUT2D eigenvalue weighted by Crippen LogP contribution is -2.48. The Kier molecular flexibility index (Phi) is 6.93. The van der Waals surface area contributed by atoms with Crippen LogP contribution in [0.3, 0.4) is 0 Å². The van der Waals surface area contributed by atoms with Crippen molar-refractivity contribution in [1.82, 2.24) is 9.80 Å². The summed E-state index contributed by atoms with van der Waals surface area (Å²) in [6.07, 6.45) is 2.40. The van der Waals surface area contributed by atoms with Crippen molar-refractivity contribution in [3.8, 4) is 0 Å². The number of nitrogens with zero attached hydrogens (tertiary/aromatic N) is 2. The summed E-state index contributed by atoms with van der Waals surface area (Å²) in [4.78, 5) is 29.0. The fourth-order valence-corrected chi connectivity index (χ4v) is 3.70. The van der Waals surface area contributed by atoms with Crippen LogP contribution >= 0.6 is 0 Å². The highest BCUT2D eigenvalue weighted by Gasteiger charge is 2.26. The van der Waals surface area contributed by atoms with E-state index in [0.29, 0.717) is 18.2 Å². The number of carbonyl (C=O) groups is 2. The quantitative estimate of drug-likeness (QED) is 0.682. The molecule has 1 aliphatic heterocycles. The number of likely N-dealkylation sites (N-methyl/N-ethyl adjacent to an activating group) is 1. The highest BCUT2D eigenvalue weighted by atomic mass is 19.1. The van der Waals surface area contributed by atoms with Crippen LogP contribution in [-0.4, -0.2) is 47.7 Å². The maximum absolute atomic E-state index is 13.0. The summed E-state index contributed by atoms with van der Waals surface area (Å²) >= 11 is 0. The number of Topliss-reactive ketones (excluding diaryl/α,β-unsaturated/α-hetero) is 1. The summed E-state index contributed by atoms with van der Waals surface area (Å²) in [7, 11) is 2.10. The summed E-state index contributed by atoms with van der Waals surface area (Å²) in [5.74, 6) is -0.469. The molecule has 1 atom stereocenters. The van der Waals surface area contributed by atoms with E-state index in [0.717, 1.165) is 25.9 Å². The fourth-order valence-electron chi connectivity index (χ4n) is 3.70. The van der Waals surface area contributed by atoms with Gasteiger partial charge in [0.15, 0.2) is 5.78 Å². The van der Waals surface area contributed by atoms with Gasteiger partial charge in [-0.1, -0.05) is 30.3 Å². The minimum Gasteiger partial charge on any atom is -0.341 e. The molecular weight excluding hydrogens is 355 g/mol. The van der Waals surface area contributed by atoms with Gasteiger partial charge in [0.05, 0.1) is 0 Å². The van der Waals surface area contributed by atoms with Gasteiger partial charge in [0.1, 0.15) is 5.82 Å². The van der Waals surface area contributed by atoms with Crippen LogP contribution in [0, 0.1) is 5.82 Å². The SMILES string of the molecule is CN(Cc1ccccc1)[C@H]1CCCN(C(=O)CCC(=O)c2ccc(F)cc2)C1. The van der Waals surface area contributed by atoms with Crippen molar-refractivity contribution < 1.29 is 14.0 Å². The second-order valence-electron chi connectivity index (χ2n) is 7.47. The number of carbonyl (C=O) groups excluding carboxylic acids is 2. The molecule has 28 heavy (non-hydrogen) atoms. The van der Waals surface area contributed by atoms with E-state index in [4.69, 9.17) is 0 Å². The number of likely N-dealkylation sites (tertiary alicyclic amines) is 1. The molecule has 1 aliphatic rings. The van der Waals surface area contributed by atoms with Crippen LogP contribution in [0.25, 0.3) is 0 Å². The first-order valence-electron chi connectivity index (χ1n) is 9.83. The molecule has 0 unspecified atom stereocenters. The van der Waals surface area contributed by atoms with Crippen molar-refractivity contribution in [1.29, 1.82) is 0 Å². The molecule has 0 saturated carbocycles. The van der Waals surface area contributed by atoms with Crippen LogP contribution in [0.1, 0.15) is 41.6 Å². The number of amides is 1. The molecule has 0 radical (unpaired) electrons. The Morgan fingerprint density at radius 3 is 2.50 bits per heavy atom. The molecule has 0 spiro atoms. The van der Waals surface area contributed by atoms with Crippen LogP contribution in [-0.2, 0) is 11.3 Å². The molecule has 0 N–H and O–H groups in total. The van der Waals surface area contributed by atoms with Crippen molar-refractivity contribution in [2.45, 2.75) is 38.3 Å². The summed E-state index contributed by atoms with van der Waals surface area (Å²) in [6, 6.07) is 16.1. The molecule has 3 rings (SSSR count). The fraction of sp³-hybridized carbons (Fsp3) is 0.391. The van der Waals surface area contributed by atoms with Crippen molar-refractivity contribution in [2.24, 2.45) is 0 Å². The molecule has 0 aromatic heterocycles. The third-order valence-electron chi connectivity index (χ3n) is 5.38. The average molecular weight is 382 g/mol. The first-order chi connectivity index (χ1) is 13.5. The van der Waals surface area contributed by atoms with Gasteiger partial charge in [-0.05, 0) is 49.7 Å². The Labute approximate surface area is 166 Å². The maximum Gasteiger partial charge on any atom is 0.223 e. The third kappa shape index (κ3) is 5.49. The van der Waals surface area contributed by atoms with E-state index < -0.39 is 0 Å². The highest BCUT2D eigenvalue weighted by Crippen LogP contribution is 2.18. The van der Waals surface area contributed by atoms with Gasteiger partial charge < -0.3 is 4.90 Å². The molecule has 2 aromatic rings. The third-order valence-corrected chi connectivity index (χ3v) is 5.38. The lowest BCUT2D eigenvalue weighted by atomic mass is 10.0. The lowest BCUT2D eigenvalue weighted by Gasteiger charge is -2.37. The molecule has 148 valence electrons. The number of ketones is 1. The highest BCUT2D eigenvalue weighted by molar-refractivity contribution is 5.97. The zero-order valence-corrected chi connectivity index (χ0v) is 16.3. The topological polar surface area (TPSA) is 40.6 Å². The van der Waals surface area contributed by atoms with Gasteiger partial charge in [0, 0.05) is 44.1 Å². The molecular formula is C23H27FN2O2. The molecule has 0 aliphatic carbocycles. The first-order valence-corrected chi connectivity index (χ1v) is 9.83. The molecule has 2 aromatic carbocycles. The summed E-state index contributed by atoms with van der Waals surface area (Å²) in [5.41, 5.74) is 1.71. The van der Waals surface area contributed by atoms with Gasteiger partial charge in [-0.25, -0.2) is 4.39 Å². The maximum atomic E-state index is 13.0. The zero-order valence-electron chi connectivity index (χ0n) is 16.3. The van der Waals surface area contributed by atoms with Gasteiger partial charge in [-0.3, -0.25) is 14.5 Å². The molecule has 1 saturated heterocycles. The summed E-state index contributed by atoms with van der Waals surface area (Å²) < 4.78 is 13.0. The van der Waals surface area contributed by atoms with Crippen LogP contribution in [0.2, 0.25) is 0 Å². The van der Waals surface area contributed by atoms with E-state index in [9.17, 15) is 14.0 Å². The van der Waals surface area contributed by atoms with Crippen molar-refractivity contribution in [2.75, 3.05) is 20.1 Å². The Morgan fingerprint density at radius 1 is 1.07 bits per heavy atom. The smallest absolute Gasteiger partial charge is 0.223 e. The predicted molar refractivity (Wildman–Crippen MR) is 107 cm³/mol. The molecule has 1 heterocycles. The molecule has 4 nitrogen and oxygen atoms in total. The van der Waals surface area contributed by atoms with E-state index in [1.165, 1.54) is 29.8 Å². The minimum atomic E-state index is -0.369. The van der Waals surface area contributed by atoms with E-state index >= 15 is 0 Å². The van der Waals surface area contributed by atoms with Crippen molar-refractivity contribution in [3.05, 3.63) is 71.5 Å². The monoisotopic (exact) mass is 382 g/mol. The van der Waals surface area contributed by atoms with Gasteiger partial charge in [-0.15, -0.1) is 0 Å². The number of benzene rings is 2. The summed E-state index contributed by atoms with van der Waals surface area (Å²) in [6.45, 7) is 2.31. The van der Waals surface area contributed by atoms with Crippen LogP contribution in [0.15, 0.2) is 54.6 Å². The van der Waals surface area contributed by atoms with Crippen LogP contribution in [0.5, 0.6) is 0 Å². The van der Waals surface area contributed by atoms with Crippen molar-refractivity contribution >= 4 is 11.7 Å². The standard InChI is InChI=1S/C23H27FN2O2/c1-25(16-18-6-3-2-4-7-18)21-8-5-15-26(17-21)23(28)14-13-22(27)19-9-11-20(24)12-10-19/h2-4,6-7,9-12,21H,5,8,13-17H2,1H3/t21-/m0/s1. The predicted octanol–water partition coefficient (Wildman–Crippen LogP) is 3.91. The van der Waals surface area contributed by atoms with Crippen LogP contribution < -0.4 is 0 Å². The number of piperidine rings is 1. The van der Waals surface area contributed by atoms with Crippen molar-refractivity contribution in [3.63, 3.8) is 0 Å². The number of hydrogen-bond acceptors (Lipinski definition) is 3. The zero-order chi connectivity index (χ0) is 19.9. The Morgan fingerprint density at radius 2 is 1.79 bits per heavy atom. The van der Waals surface area contributed by atoms with Gasteiger partial charge in [0.2, 0.25) is 5.91 Å². The van der Waals surface area contributed by atoms with Gasteiger partial charge in [0.25, 0.3) is 0 Å². The Hall–Kier alpha value is -2.53. The Bertz CT molecular complexity index is 792. The largest absolute Gasteiger partial charge is 0.341 e. The molecule has 1 amide bonds. The second kappa shape index (κ2) is 9.60. The van der Waals surface area contributed by atoms with E-state index in [1.54, 1.807) is 0 Å².